The van der Waals surface area contributed by atoms with Crippen LogP contribution in [-0.4, -0.2) is 16.3 Å². The van der Waals surface area contributed by atoms with E-state index < -0.39 is 0 Å². The highest BCUT2D eigenvalue weighted by atomic mass is 16.1. The van der Waals surface area contributed by atoms with Crippen LogP contribution >= 0.6 is 0 Å². The van der Waals surface area contributed by atoms with Crippen molar-refractivity contribution >= 4 is 0 Å². The summed E-state index contributed by atoms with van der Waals surface area (Å²) in [6.45, 7) is 8.45. The maximum Gasteiger partial charge on any atom is 0.271 e. The Morgan fingerprint density at radius 3 is 2.59 bits per heavy atom. The Kier molecular flexibility index (Phi) is 5.90. The van der Waals surface area contributed by atoms with Crippen LogP contribution in [0.25, 0.3) is 11.3 Å². The average molecular weight is 299 g/mol. The topological polar surface area (TPSA) is 46.9 Å². The summed E-state index contributed by atoms with van der Waals surface area (Å²) in [6, 6.07) is 11.9. The molecule has 1 N–H and O–H groups in total. The van der Waals surface area contributed by atoms with Gasteiger partial charge in [0.2, 0.25) is 0 Å². The summed E-state index contributed by atoms with van der Waals surface area (Å²) < 4.78 is 1.61. The average Bonchev–Trinajstić information content (AvgIpc) is 2.51. The van der Waals surface area contributed by atoms with Gasteiger partial charge in [-0.15, -0.1) is 0 Å². The highest BCUT2D eigenvalue weighted by Gasteiger charge is 2.10. The van der Waals surface area contributed by atoms with E-state index in [-0.39, 0.29) is 5.56 Å². The van der Waals surface area contributed by atoms with Crippen molar-refractivity contribution in [3.63, 3.8) is 0 Å². The van der Waals surface area contributed by atoms with Gasteiger partial charge in [-0.2, -0.15) is 5.10 Å². The van der Waals surface area contributed by atoms with E-state index in [0.29, 0.717) is 19.0 Å². The van der Waals surface area contributed by atoms with Gasteiger partial charge >= 0.3 is 0 Å². The van der Waals surface area contributed by atoms with Crippen LogP contribution in [0.4, 0.5) is 0 Å². The van der Waals surface area contributed by atoms with Gasteiger partial charge in [0.1, 0.15) is 0 Å². The van der Waals surface area contributed by atoms with Gasteiger partial charge in [0.05, 0.1) is 5.69 Å². The SMILES string of the molecule is CCCNCc1cc(-c2ccccc2)nn(CC(C)C)c1=O. The van der Waals surface area contributed by atoms with E-state index in [0.717, 1.165) is 29.8 Å². The molecule has 1 aromatic carbocycles. The van der Waals surface area contributed by atoms with Crippen molar-refractivity contribution in [2.45, 2.75) is 40.3 Å². The highest BCUT2D eigenvalue weighted by Crippen LogP contribution is 2.16. The molecule has 0 bridgehead atoms. The normalized spacial score (nSPS) is 11.1. The first-order chi connectivity index (χ1) is 10.6. The van der Waals surface area contributed by atoms with Crippen molar-refractivity contribution in [1.82, 2.24) is 15.1 Å². The smallest absolute Gasteiger partial charge is 0.271 e. The number of nitrogens with zero attached hydrogens (tertiary/aromatic N) is 2. The van der Waals surface area contributed by atoms with Gasteiger partial charge < -0.3 is 5.32 Å². The molecule has 0 saturated heterocycles. The fourth-order valence-electron chi connectivity index (χ4n) is 2.34. The fourth-order valence-corrected chi connectivity index (χ4v) is 2.34. The van der Waals surface area contributed by atoms with Gasteiger partial charge in [0.25, 0.3) is 5.56 Å². The first kappa shape index (κ1) is 16.4. The molecule has 4 nitrogen and oxygen atoms in total. The zero-order valence-electron chi connectivity index (χ0n) is 13.7. The van der Waals surface area contributed by atoms with E-state index in [9.17, 15) is 4.79 Å². The number of hydrogen-bond acceptors (Lipinski definition) is 3. The summed E-state index contributed by atoms with van der Waals surface area (Å²) in [5.41, 5.74) is 2.69. The summed E-state index contributed by atoms with van der Waals surface area (Å²) in [5.74, 6) is 0.382. The monoisotopic (exact) mass is 299 g/mol. The van der Waals surface area contributed by atoms with Crippen molar-refractivity contribution in [2.75, 3.05) is 6.54 Å². The van der Waals surface area contributed by atoms with Crippen LogP contribution in [0.3, 0.4) is 0 Å². The Balaban J connectivity index is 2.41. The van der Waals surface area contributed by atoms with E-state index in [1.165, 1.54) is 0 Å². The molecule has 1 aromatic heterocycles. The minimum Gasteiger partial charge on any atom is -0.312 e. The van der Waals surface area contributed by atoms with Gasteiger partial charge in [-0.1, -0.05) is 51.1 Å². The van der Waals surface area contributed by atoms with E-state index in [2.05, 4.69) is 31.2 Å². The third-order valence-corrected chi connectivity index (χ3v) is 3.40. The third-order valence-electron chi connectivity index (χ3n) is 3.40. The highest BCUT2D eigenvalue weighted by molar-refractivity contribution is 5.58. The fraction of sp³-hybridized carbons (Fsp3) is 0.444. The summed E-state index contributed by atoms with van der Waals surface area (Å²) >= 11 is 0. The molecular formula is C18H25N3O. The van der Waals surface area contributed by atoms with E-state index in [1.807, 2.05) is 36.4 Å². The maximum absolute atomic E-state index is 12.5. The van der Waals surface area contributed by atoms with Crippen LogP contribution in [0.1, 0.15) is 32.8 Å². The van der Waals surface area contributed by atoms with E-state index in [4.69, 9.17) is 0 Å². The molecule has 0 aliphatic rings. The molecule has 2 rings (SSSR count). The van der Waals surface area contributed by atoms with Crippen LogP contribution in [0.15, 0.2) is 41.2 Å². The largest absolute Gasteiger partial charge is 0.312 e. The Hall–Kier alpha value is -1.94. The van der Waals surface area contributed by atoms with Crippen LogP contribution in [0, 0.1) is 5.92 Å². The zero-order valence-corrected chi connectivity index (χ0v) is 13.7. The predicted molar refractivity (Wildman–Crippen MR) is 90.8 cm³/mol. The zero-order chi connectivity index (χ0) is 15.9. The second-order valence-corrected chi connectivity index (χ2v) is 5.98. The number of aromatic nitrogens is 2. The molecule has 22 heavy (non-hydrogen) atoms. The Morgan fingerprint density at radius 2 is 1.95 bits per heavy atom. The van der Waals surface area contributed by atoms with Gasteiger partial charge in [-0.25, -0.2) is 4.68 Å². The van der Waals surface area contributed by atoms with Gasteiger partial charge in [-0.3, -0.25) is 4.79 Å². The molecule has 0 aliphatic heterocycles. The Morgan fingerprint density at radius 1 is 1.23 bits per heavy atom. The minimum absolute atomic E-state index is 0.0111. The van der Waals surface area contributed by atoms with Crippen molar-refractivity contribution in [3.05, 3.63) is 52.3 Å². The molecule has 0 atom stereocenters. The summed E-state index contributed by atoms with van der Waals surface area (Å²) in [7, 11) is 0. The molecular weight excluding hydrogens is 274 g/mol. The Labute approximate surface area is 132 Å². The molecule has 0 spiro atoms. The van der Waals surface area contributed by atoms with Gasteiger partial charge in [0.15, 0.2) is 0 Å². The predicted octanol–water partition coefficient (Wildman–Crippen LogP) is 3.07. The second-order valence-electron chi connectivity index (χ2n) is 5.98. The van der Waals surface area contributed by atoms with Crippen molar-refractivity contribution < 1.29 is 0 Å². The van der Waals surface area contributed by atoms with Crippen LogP contribution in [-0.2, 0) is 13.1 Å². The first-order valence-electron chi connectivity index (χ1n) is 7.99. The standard InChI is InChI=1S/C18H25N3O/c1-4-10-19-12-16-11-17(15-8-6-5-7-9-15)20-21(18(16)22)13-14(2)3/h5-9,11,14,19H,4,10,12-13H2,1-3H3. The number of rotatable bonds is 7. The number of hydrogen-bond donors (Lipinski definition) is 1. The quantitative estimate of drug-likeness (QED) is 0.799. The summed E-state index contributed by atoms with van der Waals surface area (Å²) in [5, 5.41) is 7.86. The van der Waals surface area contributed by atoms with Crippen LogP contribution in [0.5, 0.6) is 0 Å². The summed E-state index contributed by atoms with van der Waals surface area (Å²) in [6.07, 6.45) is 1.05. The van der Waals surface area contributed by atoms with Crippen molar-refractivity contribution in [1.29, 1.82) is 0 Å². The van der Waals surface area contributed by atoms with Gasteiger partial charge in [-0.05, 0) is 24.9 Å². The minimum atomic E-state index is 0.0111. The van der Waals surface area contributed by atoms with E-state index in [1.54, 1.807) is 4.68 Å². The molecule has 4 heteroatoms. The lowest BCUT2D eigenvalue weighted by Crippen LogP contribution is -2.31. The molecule has 0 radical (unpaired) electrons. The molecule has 2 aromatic rings. The molecule has 118 valence electrons. The molecule has 0 saturated carbocycles. The summed E-state index contributed by atoms with van der Waals surface area (Å²) in [4.78, 5) is 12.5. The number of benzene rings is 1. The van der Waals surface area contributed by atoms with Crippen LogP contribution in [0.2, 0.25) is 0 Å². The molecule has 0 fully saturated rings. The second kappa shape index (κ2) is 7.90. The van der Waals surface area contributed by atoms with Gasteiger partial charge in [0, 0.05) is 24.2 Å². The maximum atomic E-state index is 12.5. The van der Waals surface area contributed by atoms with E-state index >= 15 is 0 Å². The lowest BCUT2D eigenvalue weighted by Gasteiger charge is -2.13. The molecule has 0 unspecified atom stereocenters. The number of nitrogens with one attached hydrogen (secondary N) is 1. The lowest BCUT2D eigenvalue weighted by molar-refractivity contribution is 0.461. The molecule has 0 amide bonds. The molecule has 1 heterocycles. The Bertz CT molecular complexity index is 647. The lowest BCUT2D eigenvalue weighted by atomic mass is 10.1. The van der Waals surface area contributed by atoms with Crippen LogP contribution < -0.4 is 10.9 Å². The van der Waals surface area contributed by atoms with Crippen molar-refractivity contribution in [3.8, 4) is 11.3 Å². The first-order valence-corrected chi connectivity index (χ1v) is 7.99. The molecule has 0 aliphatic carbocycles. The third kappa shape index (κ3) is 4.28. The van der Waals surface area contributed by atoms with Crippen molar-refractivity contribution in [2.24, 2.45) is 5.92 Å².